The van der Waals surface area contributed by atoms with Gasteiger partial charge >= 0.3 is 0 Å². The lowest BCUT2D eigenvalue weighted by atomic mass is 10.2. The van der Waals surface area contributed by atoms with Gasteiger partial charge in [-0.2, -0.15) is 0 Å². The maximum Gasteiger partial charge on any atom is 0.294 e. The second-order valence-electron chi connectivity index (χ2n) is 6.21. The highest BCUT2D eigenvalue weighted by molar-refractivity contribution is 8.18. The first kappa shape index (κ1) is 19.4. The zero-order chi connectivity index (χ0) is 19.6. The highest BCUT2D eigenvalue weighted by Gasteiger charge is 2.37. The van der Waals surface area contributed by atoms with E-state index >= 15 is 0 Å². The number of carbonyl (C=O) groups excluding carboxylic acids is 3. The Hall–Kier alpha value is -2.33. The average Bonchev–Trinajstić information content (AvgIpc) is 3.08. The van der Waals surface area contributed by atoms with Gasteiger partial charge in [-0.05, 0) is 42.0 Å². The summed E-state index contributed by atoms with van der Waals surface area (Å²) in [6.07, 6.45) is 1.90. The third-order valence-corrected chi connectivity index (χ3v) is 6.84. The van der Waals surface area contributed by atoms with Gasteiger partial charge in [0.1, 0.15) is 12.3 Å². The lowest BCUT2D eigenvalue weighted by Crippen LogP contribution is -2.43. The van der Waals surface area contributed by atoms with E-state index in [1.54, 1.807) is 30.3 Å². The van der Waals surface area contributed by atoms with Crippen molar-refractivity contribution in [1.82, 2.24) is 10.2 Å². The van der Waals surface area contributed by atoms with Crippen LogP contribution in [0.3, 0.4) is 0 Å². The summed E-state index contributed by atoms with van der Waals surface area (Å²) in [7, 11) is -1.60. The molecule has 27 heavy (non-hydrogen) atoms. The van der Waals surface area contributed by atoms with Crippen LogP contribution in [0.1, 0.15) is 12.0 Å². The van der Waals surface area contributed by atoms with Crippen LogP contribution in [0.25, 0.3) is 6.08 Å². The molecule has 1 N–H and O–H groups in total. The Labute approximate surface area is 160 Å². The number of thioether (sulfide) groups is 1. The van der Waals surface area contributed by atoms with Crippen molar-refractivity contribution in [2.24, 2.45) is 0 Å². The lowest BCUT2D eigenvalue weighted by Gasteiger charge is -2.15. The van der Waals surface area contributed by atoms with Gasteiger partial charge in [0.2, 0.25) is 5.91 Å². The number of nitrogens with one attached hydrogen (secondary N) is 1. The summed E-state index contributed by atoms with van der Waals surface area (Å²) in [5, 5.41) is 2.03. The standard InChI is InChI=1S/C17H18N2O6S2/c1-25-13-4-2-3-11(7-13)8-14-16(21)19(17(22)26-14)9-15(20)18-12-5-6-27(23,24)10-12/h2-4,7-8,12H,5-6,9-10H2,1H3,(H,18,20). The number of amides is 3. The van der Waals surface area contributed by atoms with E-state index in [0.717, 1.165) is 16.7 Å². The fourth-order valence-electron chi connectivity index (χ4n) is 2.84. The molecule has 0 aliphatic carbocycles. The molecule has 2 aliphatic heterocycles. The molecule has 3 rings (SSSR count). The van der Waals surface area contributed by atoms with E-state index in [1.165, 1.54) is 7.11 Å². The molecule has 2 fully saturated rings. The summed E-state index contributed by atoms with van der Waals surface area (Å²) in [5.74, 6) is -0.572. The topological polar surface area (TPSA) is 110 Å². The zero-order valence-corrected chi connectivity index (χ0v) is 16.1. The largest absolute Gasteiger partial charge is 0.497 e. The third kappa shape index (κ3) is 4.69. The molecule has 0 bridgehead atoms. The summed E-state index contributed by atoms with van der Waals surface area (Å²) in [4.78, 5) is 37.7. The van der Waals surface area contributed by atoms with E-state index in [2.05, 4.69) is 5.32 Å². The van der Waals surface area contributed by atoms with Crippen LogP contribution in [-0.2, 0) is 19.4 Å². The smallest absolute Gasteiger partial charge is 0.294 e. The molecule has 10 heteroatoms. The number of benzene rings is 1. The molecule has 0 spiro atoms. The maximum atomic E-state index is 12.5. The quantitative estimate of drug-likeness (QED) is 0.722. The van der Waals surface area contributed by atoms with Crippen molar-refractivity contribution in [2.75, 3.05) is 25.2 Å². The maximum absolute atomic E-state index is 12.5. The van der Waals surface area contributed by atoms with Crippen LogP contribution in [0.15, 0.2) is 29.2 Å². The van der Waals surface area contributed by atoms with E-state index < -0.39 is 39.5 Å². The fourth-order valence-corrected chi connectivity index (χ4v) is 5.36. The molecule has 0 aromatic heterocycles. The third-order valence-electron chi connectivity index (χ3n) is 4.16. The van der Waals surface area contributed by atoms with Crippen molar-refractivity contribution in [3.8, 4) is 5.75 Å². The van der Waals surface area contributed by atoms with Crippen LogP contribution in [0, 0.1) is 0 Å². The first-order chi connectivity index (χ1) is 12.8. The molecule has 2 aliphatic rings. The highest BCUT2D eigenvalue weighted by Crippen LogP contribution is 2.32. The van der Waals surface area contributed by atoms with E-state index in [1.807, 2.05) is 0 Å². The van der Waals surface area contributed by atoms with E-state index in [0.29, 0.717) is 17.7 Å². The number of sulfone groups is 1. The van der Waals surface area contributed by atoms with Crippen LogP contribution < -0.4 is 10.1 Å². The Morgan fingerprint density at radius 1 is 1.41 bits per heavy atom. The first-order valence-electron chi connectivity index (χ1n) is 8.16. The molecule has 8 nitrogen and oxygen atoms in total. The monoisotopic (exact) mass is 410 g/mol. The van der Waals surface area contributed by atoms with Gasteiger partial charge in [0.25, 0.3) is 11.1 Å². The van der Waals surface area contributed by atoms with Gasteiger partial charge in [-0.15, -0.1) is 0 Å². The van der Waals surface area contributed by atoms with Crippen LogP contribution in [0.2, 0.25) is 0 Å². The van der Waals surface area contributed by atoms with Crippen molar-refractivity contribution in [1.29, 1.82) is 0 Å². The molecule has 2 heterocycles. The lowest BCUT2D eigenvalue weighted by molar-refractivity contribution is -0.129. The van der Waals surface area contributed by atoms with E-state index in [-0.39, 0.29) is 16.4 Å². The van der Waals surface area contributed by atoms with Crippen molar-refractivity contribution < 1.29 is 27.5 Å². The minimum atomic E-state index is -3.12. The number of ether oxygens (including phenoxy) is 1. The summed E-state index contributed by atoms with van der Waals surface area (Å²) in [6.45, 7) is -0.434. The molecule has 1 unspecified atom stereocenters. The molecular formula is C17H18N2O6S2. The molecular weight excluding hydrogens is 392 g/mol. The Balaban J connectivity index is 1.65. The Morgan fingerprint density at radius 2 is 2.19 bits per heavy atom. The molecule has 1 aromatic rings. The summed E-state index contributed by atoms with van der Waals surface area (Å²) in [5.41, 5.74) is 0.695. The minimum absolute atomic E-state index is 0.0306. The molecule has 0 radical (unpaired) electrons. The average molecular weight is 410 g/mol. The molecule has 144 valence electrons. The number of rotatable bonds is 5. The number of imide groups is 1. The second-order valence-corrected chi connectivity index (χ2v) is 9.43. The predicted octanol–water partition coefficient (Wildman–Crippen LogP) is 1.03. The van der Waals surface area contributed by atoms with Gasteiger partial charge in [0.05, 0.1) is 23.5 Å². The Morgan fingerprint density at radius 3 is 2.85 bits per heavy atom. The normalized spacial score (nSPS) is 23.1. The Bertz CT molecular complexity index is 925. The summed E-state index contributed by atoms with van der Waals surface area (Å²) >= 11 is 0.756. The second kappa shape index (κ2) is 7.73. The van der Waals surface area contributed by atoms with Gasteiger partial charge in [-0.3, -0.25) is 19.3 Å². The first-order valence-corrected chi connectivity index (χ1v) is 10.8. The van der Waals surface area contributed by atoms with Crippen LogP contribution >= 0.6 is 11.8 Å². The number of nitrogens with zero attached hydrogens (tertiary/aromatic N) is 1. The van der Waals surface area contributed by atoms with Gasteiger partial charge < -0.3 is 10.1 Å². The number of methoxy groups -OCH3 is 1. The van der Waals surface area contributed by atoms with Gasteiger partial charge in [0.15, 0.2) is 9.84 Å². The summed E-state index contributed by atoms with van der Waals surface area (Å²) < 4.78 is 28.0. The van der Waals surface area contributed by atoms with Crippen molar-refractivity contribution >= 4 is 44.7 Å². The Kier molecular flexibility index (Phi) is 5.56. The number of hydrogen-bond donors (Lipinski definition) is 1. The number of hydrogen-bond acceptors (Lipinski definition) is 7. The van der Waals surface area contributed by atoms with Gasteiger partial charge in [-0.1, -0.05) is 12.1 Å². The predicted molar refractivity (Wildman–Crippen MR) is 101 cm³/mol. The van der Waals surface area contributed by atoms with Crippen molar-refractivity contribution in [2.45, 2.75) is 12.5 Å². The van der Waals surface area contributed by atoms with Gasteiger partial charge in [-0.25, -0.2) is 8.42 Å². The zero-order valence-electron chi connectivity index (χ0n) is 14.5. The van der Waals surface area contributed by atoms with Gasteiger partial charge in [0, 0.05) is 6.04 Å². The number of carbonyl (C=O) groups is 3. The summed E-state index contributed by atoms with van der Waals surface area (Å²) in [6, 6.07) is 6.54. The van der Waals surface area contributed by atoms with Crippen molar-refractivity contribution in [3.63, 3.8) is 0 Å². The van der Waals surface area contributed by atoms with E-state index in [9.17, 15) is 22.8 Å². The molecule has 2 saturated heterocycles. The SMILES string of the molecule is COc1cccc(C=C2SC(=O)N(CC(=O)NC3CCS(=O)(=O)C3)C2=O)c1. The van der Waals surface area contributed by atoms with Crippen LogP contribution in [0.5, 0.6) is 5.75 Å². The fraction of sp³-hybridized carbons (Fsp3) is 0.353. The molecule has 0 saturated carbocycles. The molecule has 1 aromatic carbocycles. The van der Waals surface area contributed by atoms with Crippen molar-refractivity contribution in [3.05, 3.63) is 34.7 Å². The van der Waals surface area contributed by atoms with E-state index in [4.69, 9.17) is 4.74 Å². The highest BCUT2D eigenvalue weighted by atomic mass is 32.2. The van der Waals surface area contributed by atoms with Crippen LogP contribution in [-0.4, -0.2) is 61.6 Å². The van der Waals surface area contributed by atoms with Crippen LogP contribution in [0.4, 0.5) is 4.79 Å². The molecule has 3 amide bonds. The minimum Gasteiger partial charge on any atom is -0.497 e. The molecule has 1 atom stereocenters.